The quantitative estimate of drug-likeness (QED) is 0.0261. The minimum atomic E-state index is -1.58. The van der Waals surface area contributed by atoms with Gasteiger partial charge in [-0.3, -0.25) is 4.79 Å². The van der Waals surface area contributed by atoms with Crippen LogP contribution >= 0.6 is 0 Å². The molecule has 0 spiro atoms. The highest BCUT2D eigenvalue weighted by atomic mass is 16.7. The Morgan fingerprint density at radius 3 is 1.37 bits per heavy atom. The molecule has 0 saturated carbocycles. The van der Waals surface area contributed by atoms with Crippen molar-refractivity contribution < 1.29 is 39.8 Å². The molecule has 0 bridgehead atoms. The van der Waals surface area contributed by atoms with Crippen LogP contribution in [-0.2, 0) is 14.3 Å². The number of aliphatic hydroxyl groups excluding tert-OH is 5. The molecule has 1 aliphatic heterocycles. The third-order valence-electron chi connectivity index (χ3n) is 12.9. The van der Waals surface area contributed by atoms with Crippen molar-refractivity contribution in [1.29, 1.82) is 0 Å². The monoisotopic (exact) mass is 980 g/mol. The van der Waals surface area contributed by atoms with E-state index in [0.29, 0.717) is 6.42 Å². The lowest BCUT2D eigenvalue weighted by Crippen LogP contribution is -2.60. The number of aliphatic hydroxyl groups is 5. The van der Waals surface area contributed by atoms with Crippen LogP contribution in [0.1, 0.15) is 226 Å². The highest BCUT2D eigenvalue weighted by Crippen LogP contribution is 2.23. The van der Waals surface area contributed by atoms with Gasteiger partial charge in [-0.25, -0.2) is 0 Å². The first-order valence-corrected chi connectivity index (χ1v) is 28.5. The number of allylic oxidation sites excluding steroid dienone is 15. The van der Waals surface area contributed by atoms with E-state index in [1.807, 2.05) is 6.08 Å². The number of rotatable bonds is 47. The van der Waals surface area contributed by atoms with Crippen LogP contribution in [0.25, 0.3) is 0 Å². The van der Waals surface area contributed by atoms with Gasteiger partial charge in [0.2, 0.25) is 5.91 Å². The van der Waals surface area contributed by atoms with E-state index in [-0.39, 0.29) is 12.5 Å². The molecule has 0 aromatic heterocycles. The molecule has 0 aromatic carbocycles. The van der Waals surface area contributed by atoms with Crippen molar-refractivity contribution in [2.24, 2.45) is 0 Å². The Morgan fingerprint density at radius 2 is 0.900 bits per heavy atom. The number of hydrogen-bond donors (Lipinski definition) is 6. The summed E-state index contributed by atoms with van der Waals surface area (Å²) in [5.41, 5.74) is 0. The molecule has 1 fully saturated rings. The van der Waals surface area contributed by atoms with Gasteiger partial charge in [-0.05, 0) is 89.9 Å². The van der Waals surface area contributed by atoms with Gasteiger partial charge in [-0.15, -0.1) is 0 Å². The Morgan fingerprint density at radius 1 is 0.500 bits per heavy atom. The predicted octanol–water partition coefficient (Wildman–Crippen LogP) is 14.0. The molecule has 402 valence electrons. The lowest BCUT2D eigenvalue weighted by atomic mass is 9.99. The maximum absolute atomic E-state index is 13.0. The zero-order chi connectivity index (χ0) is 50.8. The van der Waals surface area contributed by atoms with Crippen LogP contribution in [0.3, 0.4) is 0 Å². The van der Waals surface area contributed by atoms with Gasteiger partial charge < -0.3 is 40.3 Å². The van der Waals surface area contributed by atoms with Crippen molar-refractivity contribution in [3.63, 3.8) is 0 Å². The van der Waals surface area contributed by atoms with Gasteiger partial charge >= 0.3 is 0 Å². The molecular formula is C61H105NO8. The van der Waals surface area contributed by atoms with Crippen LogP contribution in [0.15, 0.2) is 97.2 Å². The van der Waals surface area contributed by atoms with Gasteiger partial charge in [0.15, 0.2) is 6.29 Å². The summed E-state index contributed by atoms with van der Waals surface area (Å²) >= 11 is 0. The fourth-order valence-electron chi connectivity index (χ4n) is 8.39. The van der Waals surface area contributed by atoms with Crippen molar-refractivity contribution in [3.05, 3.63) is 97.2 Å². The Bertz CT molecular complexity index is 1420. The van der Waals surface area contributed by atoms with Crippen LogP contribution in [0.4, 0.5) is 0 Å². The molecule has 7 atom stereocenters. The van der Waals surface area contributed by atoms with Gasteiger partial charge in [0.1, 0.15) is 24.4 Å². The van der Waals surface area contributed by atoms with Crippen LogP contribution in [0.5, 0.6) is 0 Å². The fraction of sp³-hybridized carbons (Fsp3) is 0.721. The molecule has 6 N–H and O–H groups in total. The van der Waals surface area contributed by atoms with E-state index >= 15 is 0 Å². The summed E-state index contributed by atoms with van der Waals surface area (Å²) in [5, 5.41) is 54.4. The average molecular weight is 981 g/mol. The number of amides is 1. The Balaban J connectivity index is 2.24. The third-order valence-corrected chi connectivity index (χ3v) is 12.9. The van der Waals surface area contributed by atoms with Crippen molar-refractivity contribution in [2.75, 3.05) is 13.2 Å². The SMILES string of the molecule is CC/C=C\C/C=C\C/C=C\C/C=C\C/C=C\CCCCCCCCCCCCCCCC(=O)NC(COC1OC(CO)C(O)C(O)C1O)C(O)/C=C/CC/C=C/CC/C=C/CCCCCCCCCC. The topological polar surface area (TPSA) is 149 Å². The molecule has 1 amide bonds. The summed E-state index contributed by atoms with van der Waals surface area (Å²) in [6.07, 6.45) is 64.7. The summed E-state index contributed by atoms with van der Waals surface area (Å²) in [6.45, 7) is 3.64. The van der Waals surface area contributed by atoms with E-state index in [0.717, 1.165) is 83.5 Å². The molecule has 9 heteroatoms. The maximum atomic E-state index is 13.0. The molecule has 1 saturated heterocycles. The molecular weight excluding hydrogens is 875 g/mol. The standard InChI is InChI=1S/C61H105NO8/c1-3-5-7-9-11-13-15-17-19-21-23-24-25-26-27-28-29-30-31-32-33-35-37-39-41-43-45-47-49-51-57(65)62-54(53-69-61-60(68)59(67)58(66)56(52-63)70-61)55(64)50-48-46-44-42-40-38-36-34-22-20-18-16-14-12-10-8-6-4-2/h5,7,11,13,17,19,22-24,26-27,34,40,42,48,50,54-56,58-61,63-64,66-68H,3-4,6,8-10,12,14-16,18,20-21,25,28-33,35-39,41,43-47,49,51-53H2,1-2H3,(H,62,65)/b7-5-,13-11-,19-17-,24-23-,27-26-,34-22+,42-40+,50-48+. The third kappa shape index (κ3) is 38.7. The zero-order valence-electron chi connectivity index (χ0n) is 44.5. The number of hydrogen-bond acceptors (Lipinski definition) is 8. The van der Waals surface area contributed by atoms with E-state index in [1.165, 1.54) is 122 Å². The molecule has 70 heavy (non-hydrogen) atoms. The molecule has 9 nitrogen and oxygen atoms in total. The molecule has 0 aromatic rings. The first-order valence-electron chi connectivity index (χ1n) is 28.5. The second-order valence-corrected chi connectivity index (χ2v) is 19.3. The van der Waals surface area contributed by atoms with Gasteiger partial charge in [0.05, 0.1) is 25.4 Å². The number of nitrogens with one attached hydrogen (secondary N) is 1. The second-order valence-electron chi connectivity index (χ2n) is 19.3. The van der Waals surface area contributed by atoms with Crippen LogP contribution in [-0.4, -0.2) is 87.5 Å². The lowest BCUT2D eigenvalue weighted by Gasteiger charge is -2.40. The summed E-state index contributed by atoms with van der Waals surface area (Å²) in [5.74, 6) is -0.196. The highest BCUT2D eigenvalue weighted by molar-refractivity contribution is 5.76. The van der Waals surface area contributed by atoms with Crippen LogP contribution in [0.2, 0.25) is 0 Å². The number of ether oxygens (including phenoxy) is 2. The highest BCUT2D eigenvalue weighted by Gasteiger charge is 2.44. The molecule has 1 rings (SSSR count). The molecule has 0 radical (unpaired) electrons. The Hall–Kier alpha value is -2.89. The van der Waals surface area contributed by atoms with Gasteiger partial charge in [0.25, 0.3) is 0 Å². The van der Waals surface area contributed by atoms with Crippen molar-refractivity contribution >= 4 is 5.91 Å². The van der Waals surface area contributed by atoms with Gasteiger partial charge in [-0.2, -0.15) is 0 Å². The van der Waals surface area contributed by atoms with Crippen LogP contribution in [0, 0.1) is 0 Å². The molecule has 1 aliphatic rings. The number of carbonyl (C=O) groups is 1. The molecule has 0 aliphatic carbocycles. The van der Waals surface area contributed by atoms with E-state index in [2.05, 4.69) is 104 Å². The van der Waals surface area contributed by atoms with E-state index in [1.54, 1.807) is 6.08 Å². The summed E-state index contributed by atoms with van der Waals surface area (Å²) in [6, 6.07) is -0.834. The van der Waals surface area contributed by atoms with Crippen molar-refractivity contribution in [1.82, 2.24) is 5.32 Å². The minimum absolute atomic E-state index is 0.196. The van der Waals surface area contributed by atoms with Crippen LogP contribution < -0.4 is 5.32 Å². The Labute approximate surface area is 428 Å². The first-order chi connectivity index (χ1) is 34.3. The maximum Gasteiger partial charge on any atom is 0.220 e. The van der Waals surface area contributed by atoms with Crippen molar-refractivity contribution in [3.8, 4) is 0 Å². The van der Waals surface area contributed by atoms with E-state index < -0.39 is 49.5 Å². The fourth-order valence-corrected chi connectivity index (χ4v) is 8.39. The molecule has 7 unspecified atom stereocenters. The smallest absolute Gasteiger partial charge is 0.220 e. The van der Waals surface area contributed by atoms with Gasteiger partial charge in [-0.1, -0.05) is 227 Å². The van der Waals surface area contributed by atoms with E-state index in [9.17, 15) is 30.3 Å². The number of unbranched alkanes of at least 4 members (excludes halogenated alkanes) is 23. The second kappa shape index (κ2) is 49.7. The largest absolute Gasteiger partial charge is 0.394 e. The summed E-state index contributed by atoms with van der Waals surface area (Å²) in [4.78, 5) is 13.0. The summed E-state index contributed by atoms with van der Waals surface area (Å²) in [7, 11) is 0. The molecule has 1 heterocycles. The average Bonchev–Trinajstić information content (AvgIpc) is 3.36. The van der Waals surface area contributed by atoms with E-state index in [4.69, 9.17) is 9.47 Å². The lowest BCUT2D eigenvalue weighted by molar-refractivity contribution is -0.302. The predicted molar refractivity (Wildman–Crippen MR) is 294 cm³/mol. The number of carbonyl (C=O) groups excluding carboxylic acids is 1. The minimum Gasteiger partial charge on any atom is -0.394 e. The Kier molecular flexibility index (Phi) is 46.2. The normalized spacial score (nSPS) is 20.1. The van der Waals surface area contributed by atoms with Crippen molar-refractivity contribution in [2.45, 2.75) is 269 Å². The summed E-state index contributed by atoms with van der Waals surface area (Å²) < 4.78 is 11.2. The zero-order valence-corrected chi connectivity index (χ0v) is 44.5. The first kappa shape index (κ1) is 65.1. The van der Waals surface area contributed by atoms with Gasteiger partial charge in [0, 0.05) is 6.42 Å².